The summed E-state index contributed by atoms with van der Waals surface area (Å²) in [7, 11) is 0. The zero-order valence-electron chi connectivity index (χ0n) is 18.5. The molecule has 10 nitrogen and oxygen atoms in total. The van der Waals surface area contributed by atoms with Crippen LogP contribution in [0.5, 0.6) is 0 Å². The average molecular weight is 489 g/mol. The number of thiazole rings is 2. The number of carbonyl (C=O) groups is 3. The quantitative estimate of drug-likeness (QED) is 0.502. The van der Waals surface area contributed by atoms with Crippen molar-refractivity contribution in [1.29, 1.82) is 0 Å². The summed E-state index contributed by atoms with van der Waals surface area (Å²) in [6, 6.07) is -1.39. The molecule has 0 unspecified atom stereocenters. The number of nitrogens with one attached hydrogen (secondary N) is 3. The standard InChI is InChI=1S/C21H24N6O4S2/c1-5-9(2)15-21-26-13(8-33-21)17(29)22-10(3)19-24-12(6-31-19)16(28)23-11(4)20-25-14(7-32-20)18(30)27-15/h6-11,15H,5H2,1-4H3,(H,22,29)(H,23,28)(H,27,30)/t9-,10+,11+,15+/m1/s1. The van der Waals surface area contributed by atoms with Crippen molar-refractivity contribution in [2.24, 2.45) is 5.92 Å². The second-order valence-electron chi connectivity index (χ2n) is 7.94. The number of amides is 3. The van der Waals surface area contributed by atoms with Crippen molar-refractivity contribution in [3.05, 3.63) is 50.0 Å². The van der Waals surface area contributed by atoms with Gasteiger partial charge < -0.3 is 20.4 Å². The van der Waals surface area contributed by atoms with Crippen LogP contribution in [-0.4, -0.2) is 32.7 Å². The van der Waals surface area contributed by atoms with Gasteiger partial charge in [0.05, 0.1) is 12.1 Å². The van der Waals surface area contributed by atoms with E-state index in [2.05, 4.69) is 30.9 Å². The molecule has 1 aliphatic rings. The van der Waals surface area contributed by atoms with Gasteiger partial charge in [0.15, 0.2) is 5.69 Å². The Hall–Kier alpha value is -3.12. The monoisotopic (exact) mass is 488 g/mol. The molecule has 12 heteroatoms. The number of aromatic nitrogens is 3. The fourth-order valence-electron chi connectivity index (χ4n) is 3.28. The van der Waals surface area contributed by atoms with Crippen LogP contribution in [-0.2, 0) is 0 Å². The first-order valence-corrected chi connectivity index (χ1v) is 12.3. The van der Waals surface area contributed by atoms with Crippen LogP contribution in [0.3, 0.4) is 0 Å². The van der Waals surface area contributed by atoms with Gasteiger partial charge in [-0.3, -0.25) is 14.4 Å². The van der Waals surface area contributed by atoms with Gasteiger partial charge in [0, 0.05) is 10.8 Å². The second-order valence-corrected chi connectivity index (χ2v) is 9.72. The molecule has 1 aliphatic heterocycles. The molecule has 33 heavy (non-hydrogen) atoms. The van der Waals surface area contributed by atoms with E-state index in [1.54, 1.807) is 24.6 Å². The van der Waals surface area contributed by atoms with E-state index in [1.165, 1.54) is 28.9 Å². The van der Waals surface area contributed by atoms with Gasteiger partial charge in [0.2, 0.25) is 5.89 Å². The highest BCUT2D eigenvalue weighted by molar-refractivity contribution is 7.10. The highest BCUT2D eigenvalue weighted by Gasteiger charge is 2.28. The van der Waals surface area contributed by atoms with Gasteiger partial charge in [-0.25, -0.2) is 15.0 Å². The van der Waals surface area contributed by atoms with Crippen LogP contribution in [0.15, 0.2) is 21.4 Å². The lowest BCUT2D eigenvalue weighted by Gasteiger charge is -2.22. The van der Waals surface area contributed by atoms with E-state index in [0.717, 1.165) is 6.42 Å². The molecule has 4 rings (SSSR count). The third-order valence-electron chi connectivity index (χ3n) is 5.47. The van der Waals surface area contributed by atoms with E-state index in [0.29, 0.717) is 10.0 Å². The summed E-state index contributed by atoms with van der Waals surface area (Å²) in [4.78, 5) is 51.4. The highest BCUT2D eigenvalue weighted by Crippen LogP contribution is 2.28. The van der Waals surface area contributed by atoms with Crippen LogP contribution in [0.4, 0.5) is 0 Å². The molecule has 6 bridgehead atoms. The number of rotatable bonds is 2. The van der Waals surface area contributed by atoms with E-state index in [4.69, 9.17) is 4.42 Å². The van der Waals surface area contributed by atoms with Gasteiger partial charge in [-0.1, -0.05) is 20.3 Å². The minimum atomic E-state index is -0.577. The Kier molecular flexibility index (Phi) is 6.56. The van der Waals surface area contributed by atoms with Crippen molar-refractivity contribution < 1.29 is 18.8 Å². The molecule has 0 aliphatic carbocycles. The van der Waals surface area contributed by atoms with Gasteiger partial charge in [-0.05, 0) is 19.8 Å². The number of fused-ring (bicyclic) bond motifs is 6. The van der Waals surface area contributed by atoms with E-state index in [1.807, 2.05) is 13.8 Å². The molecule has 3 aromatic heterocycles. The molecule has 3 aromatic rings. The van der Waals surface area contributed by atoms with Gasteiger partial charge in [0.1, 0.15) is 33.7 Å². The molecule has 4 heterocycles. The van der Waals surface area contributed by atoms with E-state index < -0.39 is 23.9 Å². The summed E-state index contributed by atoms with van der Waals surface area (Å²) in [5, 5.41) is 13.2. The zero-order chi connectivity index (χ0) is 23.7. The van der Waals surface area contributed by atoms with Crippen molar-refractivity contribution in [3.63, 3.8) is 0 Å². The summed E-state index contributed by atoms with van der Waals surface area (Å²) in [5.41, 5.74) is 0.582. The van der Waals surface area contributed by atoms with Crippen molar-refractivity contribution in [3.8, 4) is 0 Å². The third-order valence-corrected chi connectivity index (χ3v) is 7.42. The molecule has 0 radical (unpaired) electrons. The topological polar surface area (TPSA) is 139 Å². The summed E-state index contributed by atoms with van der Waals surface area (Å²) < 4.78 is 5.42. The maximum absolute atomic E-state index is 13.0. The zero-order valence-corrected chi connectivity index (χ0v) is 20.2. The molecule has 0 saturated carbocycles. The molecule has 3 N–H and O–H groups in total. The van der Waals surface area contributed by atoms with Gasteiger partial charge >= 0.3 is 0 Å². The van der Waals surface area contributed by atoms with Crippen molar-refractivity contribution in [2.75, 3.05) is 0 Å². The summed E-state index contributed by atoms with van der Waals surface area (Å²) in [6.07, 6.45) is 2.05. The fraction of sp³-hybridized carbons (Fsp3) is 0.429. The SMILES string of the molecule is CC[C@@H](C)[C@@H]1NC(=O)c2csc(n2)[C@H](C)NC(=O)c2coc(n2)[C@H](C)NC(=O)c2csc1n2. The van der Waals surface area contributed by atoms with Crippen LogP contribution >= 0.6 is 22.7 Å². The first-order valence-electron chi connectivity index (χ1n) is 10.6. The number of carbonyl (C=O) groups excluding carboxylic acids is 3. The lowest BCUT2D eigenvalue weighted by atomic mass is 9.99. The Bertz CT molecular complexity index is 1190. The molecule has 3 amide bonds. The van der Waals surface area contributed by atoms with E-state index >= 15 is 0 Å². The molecule has 0 aromatic carbocycles. The Morgan fingerprint density at radius 3 is 2.15 bits per heavy atom. The van der Waals surface area contributed by atoms with Crippen LogP contribution in [0.2, 0.25) is 0 Å². The molecule has 0 saturated heterocycles. The second kappa shape index (κ2) is 9.40. The first-order chi connectivity index (χ1) is 15.8. The number of nitrogens with zero attached hydrogens (tertiary/aromatic N) is 3. The lowest BCUT2D eigenvalue weighted by molar-refractivity contribution is 0.0917. The highest BCUT2D eigenvalue weighted by atomic mass is 32.1. The Balaban J connectivity index is 1.72. The van der Waals surface area contributed by atoms with E-state index in [-0.39, 0.29) is 40.8 Å². The normalized spacial score (nSPS) is 22.5. The van der Waals surface area contributed by atoms with Crippen LogP contribution < -0.4 is 16.0 Å². The smallest absolute Gasteiger partial charge is 0.273 e. The lowest BCUT2D eigenvalue weighted by Crippen LogP contribution is -2.33. The molecule has 4 atom stereocenters. The number of oxazole rings is 1. The van der Waals surface area contributed by atoms with Crippen LogP contribution in [0.1, 0.15) is 99.6 Å². The van der Waals surface area contributed by atoms with Crippen LogP contribution in [0, 0.1) is 5.92 Å². The molecule has 174 valence electrons. The predicted molar refractivity (Wildman–Crippen MR) is 122 cm³/mol. The summed E-state index contributed by atoms with van der Waals surface area (Å²) in [5.74, 6) is -0.887. The Morgan fingerprint density at radius 1 is 0.879 bits per heavy atom. The Morgan fingerprint density at radius 2 is 1.45 bits per heavy atom. The van der Waals surface area contributed by atoms with E-state index in [9.17, 15) is 14.4 Å². The van der Waals surface area contributed by atoms with Gasteiger partial charge in [-0.15, -0.1) is 22.7 Å². The molecular formula is C21H24N6O4S2. The Labute approximate surface area is 198 Å². The molecule has 0 fully saturated rings. The summed E-state index contributed by atoms with van der Waals surface area (Å²) in [6.45, 7) is 7.53. The number of hydrogen-bond acceptors (Lipinski definition) is 9. The van der Waals surface area contributed by atoms with Gasteiger partial charge in [0.25, 0.3) is 17.7 Å². The van der Waals surface area contributed by atoms with Crippen LogP contribution in [0.25, 0.3) is 0 Å². The number of hydrogen-bond donors (Lipinski definition) is 3. The fourth-order valence-corrected chi connectivity index (χ4v) is 5.07. The third kappa shape index (κ3) is 4.81. The minimum Gasteiger partial charge on any atom is -0.446 e. The summed E-state index contributed by atoms with van der Waals surface area (Å²) >= 11 is 2.60. The van der Waals surface area contributed by atoms with Crippen molar-refractivity contribution in [1.82, 2.24) is 30.9 Å². The largest absolute Gasteiger partial charge is 0.446 e. The molecular weight excluding hydrogens is 464 g/mol. The first kappa shape index (κ1) is 23.1. The van der Waals surface area contributed by atoms with Crippen molar-refractivity contribution in [2.45, 2.75) is 52.2 Å². The maximum atomic E-state index is 13.0. The van der Waals surface area contributed by atoms with Gasteiger partial charge in [-0.2, -0.15) is 0 Å². The maximum Gasteiger partial charge on any atom is 0.273 e. The van der Waals surface area contributed by atoms with Crippen molar-refractivity contribution >= 4 is 40.4 Å². The predicted octanol–water partition coefficient (Wildman–Crippen LogP) is 3.40. The minimum absolute atomic E-state index is 0.0842. The average Bonchev–Trinajstić information content (AvgIpc) is 3.55. The molecule has 0 spiro atoms.